The Balaban J connectivity index is 1.82. The summed E-state index contributed by atoms with van der Waals surface area (Å²) in [5.74, 6) is 0.191. The highest BCUT2D eigenvalue weighted by Gasteiger charge is 2.22. The molecule has 1 aromatic carbocycles. The number of hydrogen-bond acceptors (Lipinski definition) is 5. The number of benzene rings is 1. The lowest BCUT2D eigenvalue weighted by Gasteiger charge is -2.18. The van der Waals surface area contributed by atoms with Crippen molar-refractivity contribution in [3.8, 4) is 0 Å². The van der Waals surface area contributed by atoms with E-state index in [0.29, 0.717) is 5.76 Å². The zero-order valence-electron chi connectivity index (χ0n) is 14.7. The molecule has 1 N–H and O–H groups in total. The van der Waals surface area contributed by atoms with E-state index in [1.165, 1.54) is 12.1 Å². The average molecular weight is 389 g/mol. The monoisotopic (exact) mass is 388 g/mol. The van der Waals surface area contributed by atoms with Gasteiger partial charge in [0.05, 0.1) is 16.9 Å². The predicted molar refractivity (Wildman–Crippen MR) is 99.0 cm³/mol. The Labute approximate surface area is 159 Å². The number of rotatable bonds is 6. The van der Waals surface area contributed by atoms with E-state index in [2.05, 4.69) is 10.4 Å². The number of nitrogens with one attached hydrogen (secondary N) is 1. The first-order chi connectivity index (χ1) is 12.9. The highest BCUT2D eigenvalue weighted by Crippen LogP contribution is 2.25. The molecule has 1 unspecified atom stereocenters. The van der Waals surface area contributed by atoms with Crippen LogP contribution >= 0.6 is 11.6 Å². The third-order valence-electron chi connectivity index (χ3n) is 4.07. The molecule has 8 nitrogen and oxygen atoms in total. The summed E-state index contributed by atoms with van der Waals surface area (Å²) in [6, 6.07) is 9.08. The van der Waals surface area contributed by atoms with Crippen LogP contribution in [0.5, 0.6) is 0 Å². The number of nitro benzene ring substituents is 1. The van der Waals surface area contributed by atoms with E-state index >= 15 is 0 Å². The molecule has 1 amide bonds. The Morgan fingerprint density at radius 3 is 2.74 bits per heavy atom. The van der Waals surface area contributed by atoms with Crippen LogP contribution in [0.15, 0.2) is 47.1 Å². The number of amides is 1. The summed E-state index contributed by atoms with van der Waals surface area (Å²) in [7, 11) is 0. The van der Waals surface area contributed by atoms with Crippen LogP contribution in [-0.4, -0.2) is 27.2 Å². The number of aromatic nitrogens is 2. The Hall–Kier alpha value is -3.13. The zero-order chi connectivity index (χ0) is 19.6. The summed E-state index contributed by atoms with van der Waals surface area (Å²) in [5, 5.41) is 18.2. The summed E-state index contributed by atoms with van der Waals surface area (Å²) in [5.41, 5.74) is 1.61. The summed E-state index contributed by atoms with van der Waals surface area (Å²) in [6.45, 7) is 4.00. The predicted octanol–water partition coefficient (Wildman–Crippen LogP) is 3.67. The van der Waals surface area contributed by atoms with Gasteiger partial charge < -0.3 is 9.73 Å². The minimum atomic E-state index is -0.624. The van der Waals surface area contributed by atoms with E-state index in [9.17, 15) is 14.9 Å². The van der Waals surface area contributed by atoms with Crippen molar-refractivity contribution in [1.82, 2.24) is 15.1 Å². The molecule has 3 aromatic rings. The van der Waals surface area contributed by atoms with E-state index < -0.39 is 10.8 Å². The van der Waals surface area contributed by atoms with Crippen molar-refractivity contribution in [3.63, 3.8) is 0 Å². The molecule has 2 aromatic heterocycles. The molecule has 0 spiro atoms. The van der Waals surface area contributed by atoms with E-state index in [4.69, 9.17) is 16.0 Å². The molecule has 27 heavy (non-hydrogen) atoms. The Kier molecular flexibility index (Phi) is 5.27. The third-order valence-corrected chi connectivity index (χ3v) is 4.39. The number of carbonyl (C=O) groups is 1. The molecule has 0 fully saturated rings. The van der Waals surface area contributed by atoms with Gasteiger partial charge in [0.2, 0.25) is 0 Å². The maximum absolute atomic E-state index is 12.5. The maximum Gasteiger partial charge on any atom is 0.288 e. The minimum absolute atomic E-state index is 0.0207. The van der Waals surface area contributed by atoms with E-state index in [0.717, 1.165) is 17.5 Å². The SMILES string of the molecule is Cc1cc(C)n(C(CNC(=O)c2ccc(Cl)c([N+](=O)[O-])c2)c2ccco2)n1. The lowest BCUT2D eigenvalue weighted by molar-refractivity contribution is -0.384. The fourth-order valence-corrected chi connectivity index (χ4v) is 3.02. The van der Waals surface area contributed by atoms with Crippen molar-refractivity contribution in [2.45, 2.75) is 19.9 Å². The van der Waals surface area contributed by atoms with Crippen LogP contribution in [0.3, 0.4) is 0 Å². The number of carbonyl (C=O) groups excluding carboxylic acids is 1. The molecule has 2 heterocycles. The Bertz CT molecular complexity index is 981. The summed E-state index contributed by atoms with van der Waals surface area (Å²) in [4.78, 5) is 22.9. The molecule has 0 saturated heterocycles. The van der Waals surface area contributed by atoms with Gasteiger partial charge in [-0.2, -0.15) is 5.10 Å². The second-order valence-corrected chi connectivity index (χ2v) is 6.44. The van der Waals surface area contributed by atoms with Crippen LogP contribution in [0.25, 0.3) is 0 Å². The number of hydrogen-bond donors (Lipinski definition) is 1. The highest BCUT2D eigenvalue weighted by molar-refractivity contribution is 6.32. The third kappa shape index (κ3) is 4.01. The van der Waals surface area contributed by atoms with Crippen LogP contribution in [-0.2, 0) is 0 Å². The summed E-state index contributed by atoms with van der Waals surface area (Å²) >= 11 is 5.79. The van der Waals surface area contributed by atoms with E-state index in [1.807, 2.05) is 19.9 Å². The first-order valence-electron chi connectivity index (χ1n) is 8.15. The molecule has 140 valence electrons. The summed E-state index contributed by atoms with van der Waals surface area (Å²) < 4.78 is 7.28. The molecule has 0 aliphatic rings. The number of aryl methyl sites for hydroxylation is 2. The van der Waals surface area contributed by atoms with E-state index in [-0.39, 0.29) is 28.9 Å². The Morgan fingerprint density at radius 2 is 2.15 bits per heavy atom. The second kappa shape index (κ2) is 7.63. The molecular weight excluding hydrogens is 372 g/mol. The molecule has 1 atom stereocenters. The number of nitrogens with zero attached hydrogens (tertiary/aromatic N) is 3. The van der Waals surface area contributed by atoms with Gasteiger partial charge >= 0.3 is 0 Å². The van der Waals surface area contributed by atoms with Crippen molar-refractivity contribution in [2.24, 2.45) is 0 Å². The van der Waals surface area contributed by atoms with E-state index in [1.54, 1.807) is 23.1 Å². The van der Waals surface area contributed by atoms with Crippen molar-refractivity contribution in [1.29, 1.82) is 0 Å². The number of halogens is 1. The van der Waals surface area contributed by atoms with Crippen LogP contribution in [0.1, 0.15) is 33.5 Å². The van der Waals surface area contributed by atoms with Crippen molar-refractivity contribution >= 4 is 23.2 Å². The highest BCUT2D eigenvalue weighted by atomic mass is 35.5. The van der Waals surface area contributed by atoms with Crippen molar-refractivity contribution < 1.29 is 14.1 Å². The molecule has 0 saturated carbocycles. The van der Waals surface area contributed by atoms with Gasteiger partial charge in [-0.3, -0.25) is 19.6 Å². The lowest BCUT2D eigenvalue weighted by Crippen LogP contribution is -2.32. The van der Waals surface area contributed by atoms with Crippen LogP contribution in [0, 0.1) is 24.0 Å². The molecule has 0 bridgehead atoms. The average Bonchev–Trinajstić information content (AvgIpc) is 3.25. The second-order valence-electron chi connectivity index (χ2n) is 6.04. The van der Waals surface area contributed by atoms with Gasteiger partial charge in [-0.1, -0.05) is 11.6 Å². The number of furan rings is 1. The first kappa shape index (κ1) is 18.7. The quantitative estimate of drug-likeness (QED) is 0.512. The molecular formula is C18H17ClN4O4. The lowest BCUT2D eigenvalue weighted by atomic mass is 10.1. The molecule has 9 heteroatoms. The standard InChI is InChI=1S/C18H17ClN4O4/c1-11-8-12(2)22(21-11)16(17-4-3-7-27-17)10-20-18(24)13-5-6-14(19)15(9-13)23(25)26/h3-9,16H,10H2,1-2H3,(H,20,24). The van der Waals surface area contributed by atoms with Crippen LogP contribution in [0.2, 0.25) is 5.02 Å². The molecule has 0 radical (unpaired) electrons. The van der Waals surface area contributed by atoms with Gasteiger partial charge in [0, 0.05) is 23.9 Å². The van der Waals surface area contributed by atoms with Crippen LogP contribution < -0.4 is 5.32 Å². The Morgan fingerprint density at radius 1 is 1.37 bits per heavy atom. The first-order valence-corrected chi connectivity index (χ1v) is 8.53. The van der Waals surface area contributed by atoms with Gasteiger partial charge in [0.25, 0.3) is 11.6 Å². The van der Waals surface area contributed by atoms with Gasteiger partial charge in [-0.15, -0.1) is 0 Å². The van der Waals surface area contributed by atoms with Gasteiger partial charge in [0.15, 0.2) is 0 Å². The van der Waals surface area contributed by atoms with Gasteiger partial charge in [0.1, 0.15) is 16.8 Å². The molecule has 0 aliphatic carbocycles. The maximum atomic E-state index is 12.5. The molecule has 0 aliphatic heterocycles. The normalized spacial score (nSPS) is 12.0. The summed E-state index contributed by atoms with van der Waals surface area (Å²) in [6.07, 6.45) is 1.55. The van der Waals surface area contributed by atoms with Gasteiger partial charge in [-0.05, 0) is 44.2 Å². The minimum Gasteiger partial charge on any atom is -0.467 e. The topological polar surface area (TPSA) is 103 Å². The fourth-order valence-electron chi connectivity index (χ4n) is 2.84. The van der Waals surface area contributed by atoms with Crippen LogP contribution in [0.4, 0.5) is 5.69 Å². The smallest absolute Gasteiger partial charge is 0.288 e. The van der Waals surface area contributed by atoms with Gasteiger partial charge in [-0.25, -0.2) is 0 Å². The fraction of sp³-hybridized carbons (Fsp3) is 0.222. The zero-order valence-corrected chi connectivity index (χ0v) is 15.4. The molecule has 3 rings (SSSR count). The number of nitro groups is 1. The largest absolute Gasteiger partial charge is 0.467 e. The van der Waals surface area contributed by atoms with Crippen molar-refractivity contribution in [2.75, 3.05) is 6.54 Å². The van der Waals surface area contributed by atoms with Crippen molar-refractivity contribution in [3.05, 3.63) is 80.5 Å².